The number of benzene rings is 2. The molecule has 2 unspecified atom stereocenters. The second kappa shape index (κ2) is 7.37. The number of sulfone groups is 1. The Morgan fingerprint density at radius 1 is 1.19 bits per heavy atom. The maximum Gasteiger partial charge on any atom is 0.164 e. The van der Waals surface area contributed by atoms with Crippen LogP contribution in [0.1, 0.15) is 5.56 Å². The Hall–Kier alpha value is -1.70. The fourth-order valence-corrected chi connectivity index (χ4v) is 6.51. The molecule has 0 bridgehead atoms. The number of fused-ring (bicyclic) bond motifs is 1. The number of aliphatic imine (C=N–C) groups is 1. The molecule has 5 nitrogen and oxygen atoms in total. The van der Waals surface area contributed by atoms with E-state index in [1.807, 2.05) is 53.4 Å². The molecule has 2 aliphatic heterocycles. The van der Waals surface area contributed by atoms with Crippen molar-refractivity contribution in [2.45, 2.75) is 17.8 Å². The number of amidine groups is 1. The molecule has 142 valence electrons. The SMILES string of the molecule is COc1ccccc1N1C(SCc2ccc(Cl)cc2)=NC2CS(=O)(=O)CC21. The third kappa shape index (κ3) is 3.81. The summed E-state index contributed by atoms with van der Waals surface area (Å²) < 4.78 is 29.8. The molecule has 1 saturated heterocycles. The molecule has 0 spiro atoms. The smallest absolute Gasteiger partial charge is 0.164 e. The van der Waals surface area contributed by atoms with E-state index in [4.69, 9.17) is 21.3 Å². The van der Waals surface area contributed by atoms with Crippen molar-refractivity contribution in [3.63, 3.8) is 0 Å². The predicted molar refractivity (Wildman–Crippen MR) is 112 cm³/mol. The van der Waals surface area contributed by atoms with E-state index in [0.717, 1.165) is 22.2 Å². The van der Waals surface area contributed by atoms with Gasteiger partial charge in [0.25, 0.3) is 0 Å². The largest absolute Gasteiger partial charge is 0.495 e. The summed E-state index contributed by atoms with van der Waals surface area (Å²) in [5, 5.41) is 1.54. The fraction of sp³-hybridized carbons (Fsp3) is 0.316. The van der Waals surface area contributed by atoms with Crippen LogP contribution < -0.4 is 9.64 Å². The van der Waals surface area contributed by atoms with Crippen LogP contribution in [0.15, 0.2) is 53.5 Å². The summed E-state index contributed by atoms with van der Waals surface area (Å²) in [6, 6.07) is 15.0. The molecular formula is C19H19ClN2O3S2. The number of anilines is 1. The monoisotopic (exact) mass is 422 g/mol. The minimum Gasteiger partial charge on any atom is -0.495 e. The molecule has 1 fully saturated rings. The van der Waals surface area contributed by atoms with Crippen LogP contribution in [0.3, 0.4) is 0 Å². The lowest BCUT2D eigenvalue weighted by atomic mass is 10.1. The van der Waals surface area contributed by atoms with Gasteiger partial charge in [-0.25, -0.2) is 8.42 Å². The van der Waals surface area contributed by atoms with E-state index in [9.17, 15) is 8.42 Å². The van der Waals surface area contributed by atoms with Crippen molar-refractivity contribution >= 4 is 44.1 Å². The number of thioether (sulfide) groups is 1. The standard InChI is InChI=1S/C19H19ClN2O3S2/c1-25-18-5-3-2-4-16(18)22-17-12-27(23,24)11-15(17)21-19(22)26-10-13-6-8-14(20)9-7-13/h2-9,15,17H,10-12H2,1H3. The maximum absolute atomic E-state index is 12.1. The molecule has 27 heavy (non-hydrogen) atoms. The number of hydrogen-bond donors (Lipinski definition) is 0. The highest BCUT2D eigenvalue weighted by Gasteiger charge is 2.47. The first-order valence-electron chi connectivity index (χ1n) is 8.54. The third-order valence-corrected chi connectivity index (χ3v) is 7.72. The van der Waals surface area contributed by atoms with Crippen molar-refractivity contribution in [1.82, 2.24) is 0 Å². The van der Waals surface area contributed by atoms with E-state index in [0.29, 0.717) is 10.8 Å². The number of para-hydroxylation sites is 2. The molecule has 0 radical (unpaired) electrons. The molecule has 2 aromatic rings. The first-order chi connectivity index (χ1) is 13.0. The maximum atomic E-state index is 12.1. The normalized spacial score (nSPS) is 23.2. The van der Waals surface area contributed by atoms with Gasteiger partial charge in [-0.3, -0.25) is 4.99 Å². The van der Waals surface area contributed by atoms with Gasteiger partial charge in [-0.05, 0) is 29.8 Å². The molecule has 0 saturated carbocycles. The van der Waals surface area contributed by atoms with Crippen LogP contribution in [0.2, 0.25) is 5.02 Å². The first kappa shape index (κ1) is 18.7. The van der Waals surface area contributed by atoms with Crippen LogP contribution in [0.5, 0.6) is 5.75 Å². The molecule has 2 aromatic carbocycles. The van der Waals surface area contributed by atoms with Crippen LogP contribution >= 0.6 is 23.4 Å². The van der Waals surface area contributed by atoms with Crippen LogP contribution in [0.25, 0.3) is 0 Å². The van der Waals surface area contributed by atoms with Crippen LogP contribution in [-0.2, 0) is 15.6 Å². The minimum atomic E-state index is -3.07. The molecule has 0 amide bonds. The quantitative estimate of drug-likeness (QED) is 0.753. The van der Waals surface area contributed by atoms with E-state index in [2.05, 4.69) is 0 Å². The second-order valence-corrected chi connectivity index (χ2v) is 10.1. The Labute approximate surface area is 168 Å². The molecule has 4 rings (SSSR count). The number of hydrogen-bond acceptors (Lipinski definition) is 6. The average molecular weight is 423 g/mol. The highest BCUT2D eigenvalue weighted by Crippen LogP contribution is 2.39. The summed E-state index contributed by atoms with van der Waals surface area (Å²) in [5.41, 5.74) is 1.99. The number of ether oxygens (including phenoxy) is 1. The lowest BCUT2D eigenvalue weighted by Gasteiger charge is -2.27. The van der Waals surface area contributed by atoms with Gasteiger partial charge in [-0.2, -0.15) is 0 Å². The summed E-state index contributed by atoms with van der Waals surface area (Å²) in [4.78, 5) is 6.79. The lowest BCUT2D eigenvalue weighted by molar-refractivity contribution is 0.415. The van der Waals surface area contributed by atoms with Crippen molar-refractivity contribution in [2.75, 3.05) is 23.5 Å². The summed E-state index contributed by atoms with van der Waals surface area (Å²) in [6.07, 6.45) is 0. The Kier molecular flexibility index (Phi) is 5.09. The van der Waals surface area contributed by atoms with E-state index in [1.165, 1.54) is 0 Å². The van der Waals surface area contributed by atoms with Gasteiger partial charge < -0.3 is 9.64 Å². The molecule has 8 heteroatoms. The zero-order valence-electron chi connectivity index (χ0n) is 14.7. The molecule has 0 aromatic heterocycles. The Morgan fingerprint density at radius 3 is 2.67 bits per heavy atom. The average Bonchev–Trinajstić information content (AvgIpc) is 3.12. The minimum absolute atomic E-state index is 0.105. The number of halogens is 1. The van der Waals surface area contributed by atoms with Crippen LogP contribution in [0.4, 0.5) is 5.69 Å². The molecule has 2 heterocycles. The molecule has 0 N–H and O–H groups in total. The van der Waals surface area contributed by atoms with Crippen molar-refractivity contribution < 1.29 is 13.2 Å². The van der Waals surface area contributed by atoms with Gasteiger partial charge >= 0.3 is 0 Å². The van der Waals surface area contributed by atoms with Gasteiger partial charge in [0, 0.05) is 10.8 Å². The zero-order valence-corrected chi connectivity index (χ0v) is 17.1. The van der Waals surface area contributed by atoms with Gasteiger partial charge in [0.2, 0.25) is 0 Å². The number of methoxy groups -OCH3 is 1. The molecule has 2 atom stereocenters. The van der Waals surface area contributed by atoms with Crippen molar-refractivity contribution in [1.29, 1.82) is 0 Å². The van der Waals surface area contributed by atoms with Gasteiger partial charge in [0.1, 0.15) is 5.75 Å². The van der Waals surface area contributed by atoms with Gasteiger partial charge in [0.15, 0.2) is 15.0 Å². The van der Waals surface area contributed by atoms with Crippen LogP contribution in [0, 0.1) is 0 Å². The number of rotatable bonds is 4. The van der Waals surface area contributed by atoms with Crippen LogP contribution in [-0.4, -0.2) is 44.3 Å². The second-order valence-electron chi connectivity index (χ2n) is 6.58. The van der Waals surface area contributed by atoms with Gasteiger partial charge in [-0.1, -0.05) is 47.6 Å². The van der Waals surface area contributed by atoms with E-state index < -0.39 is 9.84 Å². The highest BCUT2D eigenvalue weighted by atomic mass is 35.5. The van der Waals surface area contributed by atoms with Gasteiger partial charge in [0.05, 0.1) is 36.4 Å². The highest BCUT2D eigenvalue weighted by molar-refractivity contribution is 8.13. The number of nitrogens with zero attached hydrogens (tertiary/aromatic N) is 2. The predicted octanol–water partition coefficient (Wildman–Crippen LogP) is 3.62. The van der Waals surface area contributed by atoms with E-state index >= 15 is 0 Å². The third-order valence-electron chi connectivity index (χ3n) is 4.73. The van der Waals surface area contributed by atoms with Gasteiger partial charge in [-0.15, -0.1) is 0 Å². The fourth-order valence-electron chi connectivity index (χ4n) is 3.47. The summed E-state index contributed by atoms with van der Waals surface area (Å²) in [7, 11) is -1.45. The molecule has 2 aliphatic rings. The summed E-state index contributed by atoms with van der Waals surface area (Å²) in [6.45, 7) is 0. The Bertz CT molecular complexity index is 977. The molecule has 0 aliphatic carbocycles. The van der Waals surface area contributed by atoms with Crippen molar-refractivity contribution in [3.05, 3.63) is 59.1 Å². The van der Waals surface area contributed by atoms with Crippen molar-refractivity contribution in [3.8, 4) is 5.75 Å². The lowest BCUT2D eigenvalue weighted by Crippen LogP contribution is -2.39. The first-order valence-corrected chi connectivity index (χ1v) is 11.7. The summed E-state index contributed by atoms with van der Waals surface area (Å²) in [5.74, 6) is 1.66. The Balaban J connectivity index is 1.64. The summed E-state index contributed by atoms with van der Waals surface area (Å²) >= 11 is 7.56. The Morgan fingerprint density at radius 2 is 1.93 bits per heavy atom. The molecular weight excluding hydrogens is 404 g/mol. The van der Waals surface area contributed by atoms with E-state index in [-0.39, 0.29) is 23.6 Å². The zero-order chi connectivity index (χ0) is 19.0. The topological polar surface area (TPSA) is 59.0 Å². The van der Waals surface area contributed by atoms with E-state index in [1.54, 1.807) is 18.9 Å². The van der Waals surface area contributed by atoms with Crippen molar-refractivity contribution in [2.24, 2.45) is 4.99 Å².